The van der Waals surface area contributed by atoms with Crippen molar-refractivity contribution in [3.05, 3.63) is 77.4 Å². The lowest BCUT2D eigenvalue weighted by Crippen LogP contribution is -2.77. The van der Waals surface area contributed by atoms with Crippen molar-refractivity contribution in [2.45, 2.75) is 61.1 Å². The fraction of sp³-hybridized carbons (Fsp3) is 0.433. The first-order chi connectivity index (χ1) is 18.5. The molecule has 6 rings (SSSR count). The molecule has 1 spiro atoms. The number of hydrogen-bond donors (Lipinski definition) is 2. The molecular formula is C30H31F3N2O4. The Balaban J connectivity index is 1.31. The summed E-state index contributed by atoms with van der Waals surface area (Å²) in [7, 11) is 1.65. The van der Waals surface area contributed by atoms with Crippen LogP contribution in [0.2, 0.25) is 0 Å². The minimum Gasteiger partial charge on any atom is -0.504 e. The zero-order valence-electron chi connectivity index (χ0n) is 21.6. The highest BCUT2D eigenvalue weighted by atomic mass is 19.4. The van der Waals surface area contributed by atoms with Gasteiger partial charge in [-0.3, -0.25) is 9.69 Å². The van der Waals surface area contributed by atoms with Gasteiger partial charge in [0.05, 0.1) is 16.6 Å². The van der Waals surface area contributed by atoms with E-state index in [1.54, 1.807) is 18.0 Å². The standard InChI is InChI=1S/C30H31F3N2O4/c1-3-12-35-13-11-28-24-16-21(34(2)25(37)10-7-18-5-4-6-20(14-18)30(31,32)33)17-29(28,38)23(35)15-19-8-9-22(36)27(39-24)26(19)28/h3-10,14,21,23-24,36,38H,1,11-13,15-17H2,2H3/t21-,23-,24+,28-,29-/m1/s1. The van der Waals surface area contributed by atoms with E-state index in [2.05, 4.69) is 11.5 Å². The fourth-order valence-electron chi connectivity index (χ4n) is 7.59. The molecule has 0 radical (unpaired) electrons. The number of nitrogens with zero attached hydrogens (tertiary/aromatic N) is 2. The topological polar surface area (TPSA) is 73.2 Å². The molecule has 6 nitrogen and oxygen atoms in total. The number of likely N-dealkylation sites (N-methyl/N-ethyl adjacent to an activating group) is 1. The summed E-state index contributed by atoms with van der Waals surface area (Å²) < 4.78 is 45.7. The summed E-state index contributed by atoms with van der Waals surface area (Å²) in [5, 5.41) is 23.3. The summed E-state index contributed by atoms with van der Waals surface area (Å²) >= 11 is 0. The number of aliphatic hydroxyl groups is 1. The average Bonchev–Trinajstić information content (AvgIpc) is 3.23. The van der Waals surface area contributed by atoms with Crippen LogP contribution in [0.25, 0.3) is 6.08 Å². The number of halogens is 3. The summed E-state index contributed by atoms with van der Waals surface area (Å²) in [5.41, 5.74) is -0.439. The first-order valence-corrected chi connectivity index (χ1v) is 13.2. The predicted molar refractivity (Wildman–Crippen MR) is 139 cm³/mol. The Bertz CT molecular complexity index is 1370. The third-order valence-electron chi connectivity index (χ3n) is 9.37. The quantitative estimate of drug-likeness (QED) is 0.437. The van der Waals surface area contributed by atoms with E-state index in [0.29, 0.717) is 38.0 Å². The number of alkyl halides is 3. The van der Waals surface area contributed by atoms with Gasteiger partial charge < -0.3 is 19.8 Å². The average molecular weight is 541 g/mol. The van der Waals surface area contributed by atoms with Crippen LogP contribution in [-0.2, 0) is 22.8 Å². The second-order valence-electron chi connectivity index (χ2n) is 11.2. The molecule has 1 saturated carbocycles. The Morgan fingerprint density at radius 3 is 2.85 bits per heavy atom. The van der Waals surface area contributed by atoms with Crippen molar-refractivity contribution in [2.75, 3.05) is 20.1 Å². The van der Waals surface area contributed by atoms with Crippen LogP contribution in [0.15, 0.2) is 55.1 Å². The van der Waals surface area contributed by atoms with Gasteiger partial charge in [-0.1, -0.05) is 24.3 Å². The van der Waals surface area contributed by atoms with Crippen LogP contribution >= 0.6 is 0 Å². The Hall–Kier alpha value is -3.30. The summed E-state index contributed by atoms with van der Waals surface area (Å²) in [6.07, 6.45) is 1.60. The zero-order valence-corrected chi connectivity index (χ0v) is 21.6. The van der Waals surface area contributed by atoms with Crippen LogP contribution in [-0.4, -0.2) is 69.8 Å². The zero-order chi connectivity index (χ0) is 27.7. The maximum Gasteiger partial charge on any atom is 0.416 e. The van der Waals surface area contributed by atoms with Crippen molar-refractivity contribution in [1.29, 1.82) is 0 Å². The minimum atomic E-state index is -4.47. The van der Waals surface area contributed by atoms with Gasteiger partial charge in [0.15, 0.2) is 11.5 Å². The van der Waals surface area contributed by atoms with E-state index in [-0.39, 0.29) is 29.3 Å². The predicted octanol–water partition coefficient (Wildman–Crippen LogP) is 4.29. The molecule has 0 aromatic heterocycles. The molecule has 2 N–H and O–H groups in total. The smallest absolute Gasteiger partial charge is 0.416 e. The molecule has 0 unspecified atom stereocenters. The van der Waals surface area contributed by atoms with E-state index in [9.17, 15) is 28.2 Å². The summed E-state index contributed by atoms with van der Waals surface area (Å²) in [5.74, 6) is 0.113. The minimum absolute atomic E-state index is 0.0526. The highest BCUT2D eigenvalue weighted by Gasteiger charge is 2.72. The van der Waals surface area contributed by atoms with Gasteiger partial charge in [0.25, 0.3) is 0 Å². The third kappa shape index (κ3) is 3.73. The van der Waals surface area contributed by atoms with Crippen LogP contribution < -0.4 is 4.74 Å². The number of benzene rings is 2. The molecule has 2 fully saturated rings. The molecule has 4 aliphatic rings. The number of phenols is 1. The van der Waals surface area contributed by atoms with Crippen LogP contribution in [0.4, 0.5) is 13.2 Å². The summed E-state index contributed by atoms with van der Waals surface area (Å²) in [4.78, 5) is 17.0. The van der Waals surface area contributed by atoms with Crippen molar-refractivity contribution in [1.82, 2.24) is 9.80 Å². The number of likely N-dealkylation sites (tertiary alicyclic amines) is 1. The Labute approximate surface area is 225 Å². The van der Waals surface area contributed by atoms with Crippen LogP contribution in [0.1, 0.15) is 41.5 Å². The van der Waals surface area contributed by atoms with Gasteiger partial charge >= 0.3 is 6.18 Å². The maximum atomic E-state index is 13.2. The van der Waals surface area contributed by atoms with Crippen LogP contribution in [0, 0.1) is 0 Å². The van der Waals surface area contributed by atoms with E-state index >= 15 is 0 Å². The van der Waals surface area contributed by atoms with Crippen molar-refractivity contribution in [3.63, 3.8) is 0 Å². The largest absolute Gasteiger partial charge is 0.504 e. The first-order valence-electron chi connectivity index (χ1n) is 13.2. The van der Waals surface area contributed by atoms with Gasteiger partial charge in [0.2, 0.25) is 5.91 Å². The van der Waals surface area contributed by atoms with Crippen molar-refractivity contribution in [2.24, 2.45) is 0 Å². The lowest BCUT2D eigenvalue weighted by atomic mass is 9.48. The number of carbonyl (C=O) groups excluding carboxylic acids is 1. The lowest BCUT2D eigenvalue weighted by molar-refractivity contribution is -0.196. The molecule has 206 valence electrons. The monoisotopic (exact) mass is 540 g/mol. The van der Waals surface area contributed by atoms with Gasteiger partial charge in [-0.15, -0.1) is 6.58 Å². The van der Waals surface area contributed by atoms with Gasteiger partial charge in [-0.05, 0) is 61.2 Å². The maximum absolute atomic E-state index is 13.2. The van der Waals surface area contributed by atoms with E-state index < -0.39 is 28.9 Å². The number of rotatable bonds is 5. The number of amides is 1. The number of piperidine rings is 1. The SMILES string of the molecule is C=CCN1CC[C@]23c4c5ccc(O)c4O[C@H]2C[C@@H](N(C)C(=O)C=Cc2cccc(C(F)(F)F)c2)C[C@@]3(O)[C@H]1C5. The molecule has 2 aliphatic heterocycles. The second kappa shape index (κ2) is 8.86. The molecule has 5 atom stereocenters. The number of hydrogen-bond acceptors (Lipinski definition) is 5. The van der Waals surface area contributed by atoms with Crippen molar-refractivity contribution in [3.8, 4) is 11.5 Å². The van der Waals surface area contributed by atoms with Gasteiger partial charge in [0.1, 0.15) is 6.10 Å². The van der Waals surface area contributed by atoms with Gasteiger partial charge in [-0.25, -0.2) is 0 Å². The molecule has 9 heteroatoms. The molecule has 2 aliphatic carbocycles. The van der Waals surface area contributed by atoms with E-state index in [1.807, 2.05) is 12.1 Å². The molecule has 2 aromatic carbocycles. The molecular weight excluding hydrogens is 509 g/mol. The van der Waals surface area contributed by atoms with Crippen LogP contribution in [0.5, 0.6) is 11.5 Å². The second-order valence-corrected chi connectivity index (χ2v) is 11.2. The first kappa shape index (κ1) is 26.0. The number of ether oxygens (including phenoxy) is 1. The van der Waals surface area contributed by atoms with Gasteiger partial charge in [0, 0.05) is 43.7 Å². The molecule has 1 saturated heterocycles. The Morgan fingerprint density at radius 1 is 1.31 bits per heavy atom. The summed E-state index contributed by atoms with van der Waals surface area (Å²) in [6, 6.07) is 7.78. The fourth-order valence-corrected chi connectivity index (χ4v) is 7.59. The summed E-state index contributed by atoms with van der Waals surface area (Å²) in [6.45, 7) is 5.27. The molecule has 1 amide bonds. The number of carbonyl (C=O) groups is 1. The van der Waals surface area contributed by atoms with E-state index in [0.717, 1.165) is 29.8 Å². The van der Waals surface area contributed by atoms with Crippen LogP contribution in [0.3, 0.4) is 0 Å². The van der Waals surface area contributed by atoms with E-state index in [4.69, 9.17) is 4.74 Å². The lowest BCUT2D eigenvalue weighted by Gasteiger charge is -2.64. The number of aromatic hydroxyl groups is 1. The molecule has 2 heterocycles. The normalized spacial score (nSPS) is 31.1. The Morgan fingerprint density at radius 2 is 2.10 bits per heavy atom. The molecule has 2 bridgehead atoms. The molecule has 39 heavy (non-hydrogen) atoms. The highest BCUT2D eigenvalue weighted by molar-refractivity contribution is 5.92. The molecule has 2 aromatic rings. The highest BCUT2D eigenvalue weighted by Crippen LogP contribution is 2.65. The third-order valence-corrected chi connectivity index (χ3v) is 9.37. The number of phenolic OH excluding ortho intramolecular Hbond substituents is 1. The van der Waals surface area contributed by atoms with Crippen molar-refractivity contribution >= 4 is 12.0 Å². The van der Waals surface area contributed by atoms with E-state index in [1.165, 1.54) is 24.3 Å². The Kier molecular flexibility index (Phi) is 5.89. The van der Waals surface area contributed by atoms with Gasteiger partial charge in [-0.2, -0.15) is 13.2 Å². The van der Waals surface area contributed by atoms with Crippen molar-refractivity contribution < 1.29 is 32.9 Å².